The number of phenols is 1. The lowest BCUT2D eigenvalue weighted by molar-refractivity contribution is -0.165. The fourth-order valence-electron chi connectivity index (χ4n) is 5.74. The van der Waals surface area contributed by atoms with Crippen molar-refractivity contribution in [3.8, 4) is 5.75 Å². The fourth-order valence-corrected chi connectivity index (χ4v) is 5.74. The number of likely N-dealkylation sites (tertiary alicyclic amines) is 1. The second-order valence-electron chi connectivity index (χ2n) is 8.72. The van der Waals surface area contributed by atoms with Crippen LogP contribution in [0.1, 0.15) is 43.2 Å². The van der Waals surface area contributed by atoms with Crippen molar-refractivity contribution in [2.24, 2.45) is 5.92 Å². The van der Waals surface area contributed by atoms with Crippen LogP contribution in [0, 0.1) is 5.92 Å². The average Bonchev–Trinajstić information content (AvgIpc) is 2.75. The van der Waals surface area contributed by atoms with E-state index in [1.165, 1.54) is 49.8 Å². The first kappa shape index (κ1) is 23.2. The molecular formula is C23H31NO7. The molecule has 0 amide bonds. The summed E-state index contributed by atoms with van der Waals surface area (Å²) in [5.41, 5.74) is 3.29. The molecule has 0 spiro atoms. The van der Waals surface area contributed by atoms with Crippen molar-refractivity contribution in [2.45, 2.75) is 62.2 Å². The molecule has 170 valence electrons. The van der Waals surface area contributed by atoms with Gasteiger partial charge in [-0.3, -0.25) is 4.90 Å². The van der Waals surface area contributed by atoms with E-state index >= 15 is 0 Å². The van der Waals surface area contributed by atoms with Crippen LogP contribution in [0.15, 0.2) is 30.9 Å². The van der Waals surface area contributed by atoms with Gasteiger partial charge in [0, 0.05) is 18.0 Å². The van der Waals surface area contributed by atoms with Crippen LogP contribution in [-0.4, -0.2) is 73.7 Å². The predicted octanol–water partition coefficient (Wildman–Crippen LogP) is 1.51. The summed E-state index contributed by atoms with van der Waals surface area (Å²) in [7, 11) is 0. The van der Waals surface area contributed by atoms with Crippen LogP contribution >= 0.6 is 0 Å². The number of carboxylic acid groups (broad SMARTS) is 2. The largest absolute Gasteiger partial charge is 0.508 e. The monoisotopic (exact) mass is 433 g/mol. The van der Waals surface area contributed by atoms with Crippen LogP contribution in [0.5, 0.6) is 5.75 Å². The summed E-state index contributed by atoms with van der Waals surface area (Å²) in [6.45, 7) is 6.15. The van der Waals surface area contributed by atoms with Gasteiger partial charge < -0.3 is 25.5 Å². The fraction of sp³-hybridized carbons (Fsp3) is 0.565. The summed E-state index contributed by atoms with van der Waals surface area (Å²) in [6.07, 6.45) is 5.31. The highest BCUT2D eigenvalue weighted by molar-refractivity contribution is 5.83. The summed E-state index contributed by atoms with van der Waals surface area (Å²) in [4.78, 5) is 22.2. The van der Waals surface area contributed by atoms with E-state index in [9.17, 15) is 14.7 Å². The zero-order valence-corrected chi connectivity index (χ0v) is 17.5. The number of aliphatic hydroxyl groups is 2. The molecule has 2 fully saturated rings. The second-order valence-corrected chi connectivity index (χ2v) is 8.72. The normalized spacial score (nSPS) is 28.7. The highest BCUT2D eigenvalue weighted by Crippen LogP contribution is 2.56. The first-order valence-electron chi connectivity index (χ1n) is 10.7. The molecule has 1 aromatic carbocycles. The smallest absolute Gasteiger partial charge is 0.335 e. The van der Waals surface area contributed by atoms with Crippen molar-refractivity contribution in [1.82, 2.24) is 4.90 Å². The molecule has 8 heteroatoms. The van der Waals surface area contributed by atoms with Crippen LogP contribution in [0.4, 0.5) is 0 Å². The number of hydrogen-bond acceptors (Lipinski definition) is 6. The molecule has 3 unspecified atom stereocenters. The van der Waals surface area contributed by atoms with Crippen molar-refractivity contribution in [1.29, 1.82) is 0 Å². The number of nitrogens with zero attached hydrogens (tertiary/aromatic N) is 1. The lowest BCUT2D eigenvalue weighted by Gasteiger charge is -2.59. The third-order valence-corrected chi connectivity index (χ3v) is 7.10. The number of piperidine rings is 1. The van der Waals surface area contributed by atoms with Gasteiger partial charge in [0.25, 0.3) is 0 Å². The van der Waals surface area contributed by atoms with Gasteiger partial charge in [-0.1, -0.05) is 25.0 Å². The molecule has 5 N–H and O–H groups in total. The number of rotatable bonds is 5. The summed E-state index contributed by atoms with van der Waals surface area (Å²) in [6, 6.07) is 6.79. The Balaban J connectivity index is 0.000000233. The molecule has 5 atom stereocenters. The Labute approximate surface area is 181 Å². The first-order valence-corrected chi connectivity index (χ1v) is 10.7. The number of aliphatic carboxylic acids is 2. The molecule has 0 aromatic heterocycles. The SMILES string of the molecule is C=CCN1CC[C@]23CCCCC2[C@H]1Cc1ccc(O)cc13.O=C(O)C(O)C(O)C(=O)O. The van der Waals surface area contributed by atoms with E-state index < -0.39 is 24.1 Å². The van der Waals surface area contributed by atoms with E-state index in [4.69, 9.17) is 20.4 Å². The van der Waals surface area contributed by atoms with Gasteiger partial charge >= 0.3 is 11.9 Å². The van der Waals surface area contributed by atoms with Crippen molar-refractivity contribution in [3.63, 3.8) is 0 Å². The van der Waals surface area contributed by atoms with E-state index in [1.54, 1.807) is 0 Å². The Hall–Kier alpha value is -2.42. The molecule has 1 aromatic rings. The average molecular weight is 434 g/mol. The third kappa shape index (κ3) is 4.46. The van der Waals surface area contributed by atoms with Crippen LogP contribution in [0.3, 0.4) is 0 Å². The summed E-state index contributed by atoms with van der Waals surface area (Å²) < 4.78 is 0. The number of aliphatic hydroxyl groups excluding tert-OH is 2. The summed E-state index contributed by atoms with van der Waals surface area (Å²) >= 11 is 0. The molecule has 1 heterocycles. The summed E-state index contributed by atoms with van der Waals surface area (Å²) in [5, 5.41) is 42.5. The molecule has 0 radical (unpaired) electrons. The molecule has 2 aliphatic carbocycles. The number of fused-ring (bicyclic) bond motifs is 1. The Morgan fingerprint density at radius 1 is 1.16 bits per heavy atom. The van der Waals surface area contributed by atoms with Crippen LogP contribution in [0.25, 0.3) is 0 Å². The van der Waals surface area contributed by atoms with E-state index in [2.05, 4.69) is 29.7 Å². The van der Waals surface area contributed by atoms with E-state index in [0.29, 0.717) is 17.2 Å². The van der Waals surface area contributed by atoms with Crippen molar-refractivity contribution in [3.05, 3.63) is 42.0 Å². The molecule has 8 nitrogen and oxygen atoms in total. The van der Waals surface area contributed by atoms with Gasteiger partial charge in [0.2, 0.25) is 0 Å². The summed E-state index contributed by atoms with van der Waals surface area (Å²) in [5.74, 6) is -2.32. The lowest BCUT2D eigenvalue weighted by atomic mass is 9.52. The topological polar surface area (TPSA) is 139 Å². The maximum Gasteiger partial charge on any atom is 0.335 e. The van der Waals surface area contributed by atoms with Gasteiger partial charge in [0.1, 0.15) is 5.75 Å². The zero-order chi connectivity index (χ0) is 22.8. The highest BCUT2D eigenvalue weighted by atomic mass is 16.4. The Kier molecular flexibility index (Phi) is 7.03. The van der Waals surface area contributed by atoms with Gasteiger partial charge in [-0.2, -0.15) is 0 Å². The quantitative estimate of drug-likeness (QED) is 0.441. The van der Waals surface area contributed by atoms with Gasteiger partial charge in [0.15, 0.2) is 12.2 Å². The van der Waals surface area contributed by atoms with Crippen LogP contribution in [0.2, 0.25) is 0 Å². The molecule has 1 saturated carbocycles. The van der Waals surface area contributed by atoms with E-state index in [-0.39, 0.29) is 0 Å². The third-order valence-electron chi connectivity index (χ3n) is 7.10. The lowest BCUT2D eigenvalue weighted by Crippen LogP contribution is -2.60. The molecule has 1 saturated heterocycles. The minimum atomic E-state index is -2.27. The minimum Gasteiger partial charge on any atom is -0.508 e. The van der Waals surface area contributed by atoms with Gasteiger partial charge in [-0.05, 0) is 61.4 Å². The Morgan fingerprint density at radius 3 is 2.45 bits per heavy atom. The van der Waals surface area contributed by atoms with Crippen LogP contribution in [-0.2, 0) is 21.4 Å². The number of carbonyl (C=O) groups is 2. The highest BCUT2D eigenvalue weighted by Gasteiger charge is 2.53. The predicted molar refractivity (Wildman–Crippen MR) is 113 cm³/mol. The maximum atomic E-state index is 9.98. The molecule has 1 aliphatic heterocycles. The molecule has 3 aliphatic rings. The molecule has 4 rings (SSSR count). The van der Waals surface area contributed by atoms with Crippen molar-refractivity contribution < 1.29 is 35.1 Å². The molecular weight excluding hydrogens is 402 g/mol. The van der Waals surface area contributed by atoms with Crippen molar-refractivity contribution in [2.75, 3.05) is 13.1 Å². The maximum absolute atomic E-state index is 9.98. The van der Waals surface area contributed by atoms with Crippen LogP contribution < -0.4 is 0 Å². The minimum absolute atomic E-state index is 0.340. The number of phenolic OH excluding ortho intramolecular Hbond substituents is 1. The second kappa shape index (κ2) is 9.38. The molecule has 2 bridgehead atoms. The Bertz CT molecular complexity index is 823. The Morgan fingerprint density at radius 2 is 1.84 bits per heavy atom. The number of benzene rings is 1. The number of hydrogen-bond donors (Lipinski definition) is 5. The zero-order valence-electron chi connectivity index (χ0n) is 17.5. The number of aromatic hydroxyl groups is 1. The number of carboxylic acids is 2. The van der Waals surface area contributed by atoms with E-state index in [0.717, 1.165) is 18.9 Å². The first-order chi connectivity index (χ1) is 14.7. The van der Waals surface area contributed by atoms with Gasteiger partial charge in [-0.25, -0.2) is 9.59 Å². The molecule has 31 heavy (non-hydrogen) atoms. The standard InChI is InChI=1S/C19H25NO.C4H6O6/c1-2-10-20-11-9-19-8-4-3-5-16(19)18(20)12-14-6-7-15(21)13-17(14)19;5-1(3(7)8)2(6)4(9)10/h2,6-7,13,16,18,21H,1,3-5,8-12H2;1-2,5-6H,(H,7,8)(H,9,10)/t16?,18-,19-;/m1./s1. The van der Waals surface area contributed by atoms with Crippen molar-refractivity contribution >= 4 is 11.9 Å². The van der Waals surface area contributed by atoms with Gasteiger partial charge in [0.05, 0.1) is 0 Å². The van der Waals surface area contributed by atoms with E-state index in [1.807, 2.05) is 6.07 Å². The van der Waals surface area contributed by atoms with Gasteiger partial charge in [-0.15, -0.1) is 6.58 Å².